The Morgan fingerprint density at radius 3 is 2.61 bits per heavy atom. The summed E-state index contributed by atoms with van der Waals surface area (Å²) in [4.78, 5) is 25.9. The molecule has 1 N–H and O–H groups in total. The minimum atomic E-state index is -0.395. The van der Waals surface area contributed by atoms with Crippen molar-refractivity contribution in [1.82, 2.24) is 5.32 Å². The lowest BCUT2D eigenvalue weighted by Gasteiger charge is -2.34. The molecule has 144 valence electrons. The van der Waals surface area contributed by atoms with Crippen LogP contribution in [0.15, 0.2) is 58.9 Å². The normalized spacial score (nSPS) is 19.5. The fourth-order valence-electron chi connectivity index (χ4n) is 4.50. The number of ketones is 1. The molecule has 0 spiro atoms. The molecule has 4 rings (SSSR count). The van der Waals surface area contributed by atoms with Gasteiger partial charge in [-0.15, -0.1) is 0 Å². The molecule has 1 unspecified atom stereocenters. The van der Waals surface area contributed by atoms with Crippen molar-refractivity contribution in [2.45, 2.75) is 46.0 Å². The molecule has 0 saturated carbocycles. The molecule has 1 heterocycles. The largest absolute Gasteiger partial charge is 0.463 e. The first-order valence-corrected chi connectivity index (χ1v) is 9.92. The number of fused-ring (bicyclic) bond motifs is 1. The van der Waals surface area contributed by atoms with Crippen molar-refractivity contribution in [1.29, 1.82) is 0 Å². The molecule has 2 aromatic carbocycles. The average molecular weight is 375 g/mol. The van der Waals surface area contributed by atoms with E-state index >= 15 is 0 Å². The Hall–Kier alpha value is -2.88. The lowest BCUT2D eigenvalue weighted by molar-refractivity contribution is -0.138. The Labute approximate surface area is 165 Å². The molecule has 28 heavy (non-hydrogen) atoms. The Morgan fingerprint density at radius 2 is 1.86 bits per heavy atom. The second kappa shape index (κ2) is 7.27. The first kappa shape index (κ1) is 18.5. The number of hydrogen-bond acceptors (Lipinski definition) is 4. The van der Waals surface area contributed by atoms with E-state index < -0.39 is 5.92 Å². The third-order valence-corrected chi connectivity index (χ3v) is 5.76. The number of aryl methyl sites for hydroxylation is 1. The zero-order chi connectivity index (χ0) is 19.8. The predicted molar refractivity (Wildman–Crippen MR) is 110 cm³/mol. The summed E-state index contributed by atoms with van der Waals surface area (Å²) in [5.41, 5.74) is 5.18. The molecule has 0 radical (unpaired) electrons. The van der Waals surface area contributed by atoms with Crippen LogP contribution in [0.2, 0.25) is 0 Å². The molecule has 4 heteroatoms. The van der Waals surface area contributed by atoms with Gasteiger partial charge in [0.25, 0.3) is 0 Å². The van der Waals surface area contributed by atoms with E-state index in [0.29, 0.717) is 18.6 Å². The van der Waals surface area contributed by atoms with E-state index in [4.69, 9.17) is 4.74 Å². The second-order valence-corrected chi connectivity index (χ2v) is 7.50. The SMILES string of the molecule is CCOC(=O)C1=C(C)NC2=C(C(=O)CCC2)C1c1ccc(C)c2ccccc12. The molecular formula is C24H25NO3. The summed E-state index contributed by atoms with van der Waals surface area (Å²) in [5.74, 6) is -0.626. The van der Waals surface area contributed by atoms with Crippen LogP contribution in [0.1, 0.15) is 50.2 Å². The average Bonchev–Trinajstić information content (AvgIpc) is 2.68. The number of dihydropyridines is 1. The number of allylic oxidation sites excluding steroid dienone is 3. The maximum absolute atomic E-state index is 13.0. The highest BCUT2D eigenvalue weighted by atomic mass is 16.5. The summed E-state index contributed by atoms with van der Waals surface area (Å²) in [6.07, 6.45) is 2.19. The van der Waals surface area contributed by atoms with Crippen LogP contribution in [0.25, 0.3) is 10.8 Å². The van der Waals surface area contributed by atoms with E-state index in [9.17, 15) is 9.59 Å². The van der Waals surface area contributed by atoms with Crippen LogP contribution >= 0.6 is 0 Å². The van der Waals surface area contributed by atoms with Crippen molar-refractivity contribution >= 4 is 22.5 Å². The van der Waals surface area contributed by atoms with Gasteiger partial charge in [-0.2, -0.15) is 0 Å². The molecule has 4 nitrogen and oxygen atoms in total. The fraction of sp³-hybridized carbons (Fsp3) is 0.333. The Bertz CT molecular complexity index is 1040. The lowest BCUT2D eigenvalue weighted by Crippen LogP contribution is -2.34. The third kappa shape index (κ3) is 2.93. The van der Waals surface area contributed by atoms with Crippen molar-refractivity contribution in [2.24, 2.45) is 0 Å². The van der Waals surface area contributed by atoms with Gasteiger partial charge in [0.05, 0.1) is 12.2 Å². The number of hydrogen-bond donors (Lipinski definition) is 1. The van der Waals surface area contributed by atoms with Crippen LogP contribution in [-0.2, 0) is 14.3 Å². The standard InChI is InChI=1S/C24H25NO3/c1-4-28-24(27)21-15(3)25-19-10-7-11-20(26)23(19)22(21)18-13-12-14(2)16-8-5-6-9-17(16)18/h5-6,8-9,12-13,22,25H,4,7,10-11H2,1-3H3. The summed E-state index contributed by atoms with van der Waals surface area (Å²) in [6, 6.07) is 12.3. The predicted octanol–water partition coefficient (Wildman–Crippen LogP) is 4.68. The molecule has 1 aliphatic carbocycles. The molecule has 0 bridgehead atoms. The van der Waals surface area contributed by atoms with Gasteiger partial charge < -0.3 is 10.1 Å². The van der Waals surface area contributed by atoms with Gasteiger partial charge in [-0.25, -0.2) is 4.79 Å². The molecule has 0 saturated heterocycles. The zero-order valence-electron chi connectivity index (χ0n) is 16.6. The second-order valence-electron chi connectivity index (χ2n) is 7.50. The van der Waals surface area contributed by atoms with E-state index in [0.717, 1.165) is 46.1 Å². The number of esters is 1. The van der Waals surface area contributed by atoms with Gasteiger partial charge in [-0.1, -0.05) is 36.4 Å². The van der Waals surface area contributed by atoms with E-state index in [1.165, 1.54) is 5.56 Å². The van der Waals surface area contributed by atoms with Crippen LogP contribution in [0.3, 0.4) is 0 Å². The number of benzene rings is 2. The van der Waals surface area contributed by atoms with E-state index in [1.807, 2.05) is 19.1 Å². The van der Waals surface area contributed by atoms with Gasteiger partial charge in [-0.3, -0.25) is 4.79 Å². The van der Waals surface area contributed by atoms with Crippen LogP contribution in [0.4, 0.5) is 0 Å². The number of Topliss-reactive ketones (excluding diaryl/α,β-unsaturated/α-hetero) is 1. The molecule has 1 atom stereocenters. The van der Waals surface area contributed by atoms with E-state index in [-0.39, 0.29) is 11.8 Å². The Balaban J connectivity index is 2.00. The van der Waals surface area contributed by atoms with Gasteiger partial charge in [0.15, 0.2) is 5.78 Å². The van der Waals surface area contributed by atoms with Crippen molar-refractivity contribution in [3.8, 4) is 0 Å². The Kier molecular flexibility index (Phi) is 4.80. The fourth-order valence-corrected chi connectivity index (χ4v) is 4.50. The number of carbonyl (C=O) groups is 2. The highest BCUT2D eigenvalue weighted by Crippen LogP contribution is 2.44. The van der Waals surface area contributed by atoms with Crippen molar-refractivity contribution in [3.05, 3.63) is 70.1 Å². The summed E-state index contributed by atoms with van der Waals surface area (Å²) in [5, 5.41) is 5.56. The molecule has 0 fully saturated rings. The first-order chi connectivity index (χ1) is 13.5. The van der Waals surface area contributed by atoms with Crippen molar-refractivity contribution in [2.75, 3.05) is 6.61 Å². The summed E-state index contributed by atoms with van der Waals surface area (Å²) < 4.78 is 5.38. The smallest absolute Gasteiger partial charge is 0.336 e. The summed E-state index contributed by atoms with van der Waals surface area (Å²) >= 11 is 0. The lowest BCUT2D eigenvalue weighted by atomic mass is 9.74. The molecular weight excluding hydrogens is 350 g/mol. The van der Waals surface area contributed by atoms with Gasteiger partial charge in [0.1, 0.15) is 0 Å². The van der Waals surface area contributed by atoms with Crippen LogP contribution in [0.5, 0.6) is 0 Å². The quantitative estimate of drug-likeness (QED) is 0.792. The van der Waals surface area contributed by atoms with Crippen LogP contribution < -0.4 is 5.32 Å². The topological polar surface area (TPSA) is 55.4 Å². The highest BCUT2D eigenvalue weighted by Gasteiger charge is 2.39. The zero-order valence-corrected chi connectivity index (χ0v) is 16.6. The molecule has 0 aromatic heterocycles. The Morgan fingerprint density at radius 1 is 1.11 bits per heavy atom. The van der Waals surface area contributed by atoms with Crippen molar-refractivity contribution in [3.63, 3.8) is 0 Å². The van der Waals surface area contributed by atoms with Gasteiger partial charge >= 0.3 is 5.97 Å². The number of rotatable bonds is 3. The maximum Gasteiger partial charge on any atom is 0.336 e. The van der Waals surface area contributed by atoms with E-state index in [2.05, 4.69) is 36.5 Å². The van der Waals surface area contributed by atoms with Crippen LogP contribution in [-0.4, -0.2) is 18.4 Å². The third-order valence-electron chi connectivity index (χ3n) is 5.76. The summed E-state index contributed by atoms with van der Waals surface area (Å²) in [6.45, 7) is 6.09. The van der Waals surface area contributed by atoms with Crippen LogP contribution in [0, 0.1) is 6.92 Å². The molecule has 2 aliphatic rings. The summed E-state index contributed by atoms with van der Waals surface area (Å²) in [7, 11) is 0. The van der Waals surface area contributed by atoms with Gasteiger partial charge in [0.2, 0.25) is 0 Å². The first-order valence-electron chi connectivity index (χ1n) is 9.92. The highest BCUT2D eigenvalue weighted by molar-refractivity contribution is 6.05. The number of ether oxygens (including phenoxy) is 1. The van der Waals surface area contributed by atoms with Crippen molar-refractivity contribution < 1.29 is 14.3 Å². The van der Waals surface area contributed by atoms with Gasteiger partial charge in [-0.05, 0) is 55.5 Å². The van der Waals surface area contributed by atoms with E-state index in [1.54, 1.807) is 6.92 Å². The molecule has 0 amide bonds. The maximum atomic E-state index is 13.0. The number of carbonyl (C=O) groups excluding carboxylic acids is 2. The minimum Gasteiger partial charge on any atom is -0.463 e. The molecule has 2 aromatic rings. The monoisotopic (exact) mass is 375 g/mol. The van der Waals surface area contributed by atoms with Gasteiger partial charge in [0, 0.05) is 29.3 Å². The minimum absolute atomic E-state index is 0.123. The molecule has 1 aliphatic heterocycles. The number of nitrogens with one attached hydrogen (secondary N) is 1.